The van der Waals surface area contributed by atoms with Gasteiger partial charge in [0.25, 0.3) is 11.8 Å². The van der Waals surface area contributed by atoms with E-state index in [1.165, 1.54) is 39.0 Å². The first-order valence-electron chi connectivity index (χ1n) is 16.8. The van der Waals surface area contributed by atoms with E-state index in [9.17, 15) is 24.0 Å². The van der Waals surface area contributed by atoms with E-state index in [-0.39, 0.29) is 30.2 Å². The average Bonchev–Trinajstić information content (AvgIpc) is 3.18. The van der Waals surface area contributed by atoms with Gasteiger partial charge in [0, 0.05) is 17.1 Å². The Morgan fingerprint density at radius 3 is 2.31 bits per heavy atom. The number of fused-ring (bicyclic) bond motifs is 2. The molecule has 3 aromatic carbocycles. The number of nitrogens with one attached hydrogen (secondary N) is 2. The van der Waals surface area contributed by atoms with E-state index in [2.05, 4.69) is 26.6 Å². The number of hydrogen-bond acceptors (Lipinski definition) is 9. The lowest BCUT2D eigenvalue weighted by Crippen LogP contribution is -2.55. The summed E-state index contributed by atoms with van der Waals surface area (Å²) in [5.41, 5.74) is -0.558. The number of esters is 1. The predicted molar refractivity (Wildman–Crippen MR) is 199 cm³/mol. The second-order valence-corrected chi connectivity index (χ2v) is 15.5. The minimum atomic E-state index is -1.24. The second kappa shape index (κ2) is 15.8. The van der Waals surface area contributed by atoms with Crippen molar-refractivity contribution in [2.45, 2.75) is 91.3 Å². The fourth-order valence-corrected chi connectivity index (χ4v) is 5.80. The Morgan fingerprint density at radius 2 is 1.67 bits per heavy atom. The van der Waals surface area contributed by atoms with Crippen LogP contribution in [0.1, 0.15) is 71.3 Å². The minimum Gasteiger partial charge on any atom is -0.496 e. The number of halogens is 1. The fraction of sp³-hybridized carbons (Fsp3) is 0.447. The number of likely N-dealkylation sites (N-methyl/N-ethyl adjacent to an activating group) is 1. The van der Waals surface area contributed by atoms with Crippen molar-refractivity contribution in [2.75, 3.05) is 25.7 Å². The van der Waals surface area contributed by atoms with Gasteiger partial charge in [0.05, 0.1) is 24.9 Å². The van der Waals surface area contributed by atoms with Crippen LogP contribution in [0.3, 0.4) is 0 Å². The second-order valence-electron chi connectivity index (χ2n) is 14.6. The first-order valence-corrected chi connectivity index (χ1v) is 17.6. The van der Waals surface area contributed by atoms with Gasteiger partial charge in [0.15, 0.2) is 5.75 Å². The molecule has 13 nitrogen and oxygen atoms in total. The van der Waals surface area contributed by atoms with Crippen LogP contribution in [-0.2, 0) is 30.4 Å². The predicted octanol–water partition coefficient (Wildman–Crippen LogP) is 5.74. The monoisotopic (exact) mass is 782 g/mol. The number of carbonyl (C=O) groups excluding carboxylic acids is 5. The van der Waals surface area contributed by atoms with Gasteiger partial charge in [-0.3, -0.25) is 19.3 Å². The van der Waals surface area contributed by atoms with E-state index < -0.39 is 59.1 Å². The molecule has 52 heavy (non-hydrogen) atoms. The van der Waals surface area contributed by atoms with Gasteiger partial charge in [-0.15, -0.1) is 0 Å². The lowest BCUT2D eigenvalue weighted by molar-refractivity contribution is -0.156. The molecule has 0 aliphatic carbocycles. The quantitative estimate of drug-likeness (QED) is 0.259. The molecule has 0 bridgehead atoms. The molecule has 1 heterocycles. The third kappa shape index (κ3) is 9.52. The van der Waals surface area contributed by atoms with Gasteiger partial charge in [-0.2, -0.15) is 0 Å². The zero-order valence-electron chi connectivity index (χ0n) is 31.2. The zero-order valence-corrected chi connectivity index (χ0v) is 32.8. The summed E-state index contributed by atoms with van der Waals surface area (Å²) in [5, 5.41) is 7.12. The summed E-state index contributed by atoms with van der Waals surface area (Å²) < 4.78 is 23.6. The molecule has 0 fully saturated rings. The van der Waals surface area contributed by atoms with Crippen molar-refractivity contribution in [2.24, 2.45) is 0 Å². The molecule has 14 heteroatoms. The highest BCUT2D eigenvalue weighted by atomic mass is 79.9. The van der Waals surface area contributed by atoms with Gasteiger partial charge in [-0.1, -0.05) is 34.1 Å². The molecule has 1 aliphatic heterocycles. The summed E-state index contributed by atoms with van der Waals surface area (Å²) >= 11 is 3.52. The van der Waals surface area contributed by atoms with E-state index in [1.807, 2.05) is 24.3 Å². The smallest absolute Gasteiger partial charge is 0.410 e. The third-order valence-corrected chi connectivity index (χ3v) is 8.63. The van der Waals surface area contributed by atoms with Gasteiger partial charge >= 0.3 is 12.1 Å². The highest BCUT2D eigenvalue weighted by Gasteiger charge is 2.37. The molecular formula is C38H47BrN4O9. The Kier molecular flexibility index (Phi) is 12.1. The largest absolute Gasteiger partial charge is 0.496 e. The maximum atomic E-state index is 14.5. The molecular weight excluding hydrogens is 736 g/mol. The highest BCUT2D eigenvalue weighted by molar-refractivity contribution is 9.10. The van der Waals surface area contributed by atoms with Crippen LogP contribution in [0.15, 0.2) is 53.0 Å². The third-order valence-electron chi connectivity index (χ3n) is 8.14. The molecule has 1 aliphatic rings. The number of anilines is 1. The number of rotatable bonds is 9. The highest BCUT2D eigenvalue weighted by Crippen LogP contribution is 2.39. The molecule has 3 aromatic rings. The number of methoxy groups -OCH3 is 1. The van der Waals surface area contributed by atoms with Crippen LogP contribution in [0.2, 0.25) is 0 Å². The molecule has 280 valence electrons. The first kappa shape index (κ1) is 39.9. The summed E-state index contributed by atoms with van der Waals surface area (Å²) in [6, 6.07) is 10.9. The minimum absolute atomic E-state index is 0.0313. The molecule has 0 saturated heterocycles. The van der Waals surface area contributed by atoms with Gasteiger partial charge in [-0.25, -0.2) is 9.59 Å². The van der Waals surface area contributed by atoms with Crippen molar-refractivity contribution >= 4 is 62.2 Å². The van der Waals surface area contributed by atoms with E-state index in [0.717, 1.165) is 20.1 Å². The maximum absolute atomic E-state index is 14.5. The maximum Gasteiger partial charge on any atom is 0.410 e. The van der Waals surface area contributed by atoms with Crippen molar-refractivity contribution < 1.29 is 42.9 Å². The van der Waals surface area contributed by atoms with Crippen LogP contribution in [0.5, 0.6) is 11.5 Å². The standard InChI is InChI=1S/C38H47BrN4O9/c1-21(35(47)51-37(3,4)5)40-33(45)26-12-11-13-29-31(26)50-20-28(41-32(44)22(2)42(9)36(48)52-38(6,7)8)34(46)43(29)19-27-25-16-15-24(39)18-23(25)14-17-30(27)49-10/h11-18,21-22,28H,19-20H2,1-10H3,(H,40,45)(H,41,44)/t21?,22-,28-/m0/s1. The number of nitrogens with zero attached hydrogens (tertiary/aromatic N) is 2. The number of para-hydroxylation sites is 1. The summed E-state index contributed by atoms with van der Waals surface area (Å²) in [6.07, 6.45) is -0.710. The number of carbonyl (C=O) groups is 5. The number of ether oxygens (including phenoxy) is 4. The molecule has 0 saturated carbocycles. The van der Waals surface area contributed by atoms with Crippen LogP contribution >= 0.6 is 15.9 Å². The first-order chi connectivity index (χ1) is 24.2. The summed E-state index contributed by atoms with van der Waals surface area (Å²) in [5.74, 6) is -1.83. The van der Waals surface area contributed by atoms with Crippen LogP contribution in [0.4, 0.5) is 10.5 Å². The lowest BCUT2D eigenvalue weighted by atomic mass is 10.0. The molecule has 0 radical (unpaired) electrons. The van der Waals surface area contributed by atoms with Crippen LogP contribution in [-0.4, -0.2) is 84.8 Å². The van der Waals surface area contributed by atoms with Gasteiger partial charge < -0.3 is 34.5 Å². The molecule has 0 aromatic heterocycles. The number of hydrogen-bond donors (Lipinski definition) is 2. The molecule has 0 spiro atoms. The van der Waals surface area contributed by atoms with Crippen LogP contribution in [0, 0.1) is 0 Å². The fourth-order valence-electron chi connectivity index (χ4n) is 5.42. The molecule has 3 atom stereocenters. The Morgan fingerprint density at radius 1 is 1.00 bits per heavy atom. The summed E-state index contributed by atoms with van der Waals surface area (Å²) in [4.78, 5) is 69.8. The van der Waals surface area contributed by atoms with E-state index >= 15 is 0 Å². The SMILES string of the molecule is COc1ccc2cc(Br)ccc2c1CN1C(=O)[C@@H](NC(=O)[C@H](C)N(C)C(=O)OC(C)(C)C)COc2c(C(=O)NC(C)C(=O)OC(C)(C)C)cccc21. The zero-order chi connectivity index (χ0) is 38.7. The van der Waals surface area contributed by atoms with Crippen LogP contribution in [0.25, 0.3) is 10.8 Å². The topological polar surface area (TPSA) is 153 Å². The summed E-state index contributed by atoms with van der Waals surface area (Å²) in [6.45, 7) is 13.0. The Hall–Kier alpha value is -4.85. The Bertz CT molecular complexity index is 1870. The van der Waals surface area contributed by atoms with Gasteiger partial charge in [0.2, 0.25) is 5.91 Å². The van der Waals surface area contributed by atoms with Crippen molar-refractivity contribution in [3.63, 3.8) is 0 Å². The van der Waals surface area contributed by atoms with Crippen molar-refractivity contribution in [1.29, 1.82) is 0 Å². The molecule has 4 rings (SSSR count). The van der Waals surface area contributed by atoms with Crippen molar-refractivity contribution in [3.8, 4) is 11.5 Å². The Labute approximate surface area is 312 Å². The summed E-state index contributed by atoms with van der Waals surface area (Å²) in [7, 11) is 2.96. The average molecular weight is 784 g/mol. The normalized spacial score (nSPS) is 15.7. The van der Waals surface area contributed by atoms with Gasteiger partial charge in [0.1, 0.15) is 41.7 Å². The lowest BCUT2D eigenvalue weighted by Gasteiger charge is -2.30. The number of benzene rings is 3. The Balaban J connectivity index is 1.75. The van der Waals surface area contributed by atoms with E-state index in [1.54, 1.807) is 59.7 Å². The molecule has 1 unspecified atom stereocenters. The van der Waals surface area contributed by atoms with Crippen LogP contribution < -0.4 is 25.0 Å². The van der Waals surface area contributed by atoms with Crippen molar-refractivity contribution in [1.82, 2.24) is 15.5 Å². The van der Waals surface area contributed by atoms with Gasteiger partial charge in [-0.05, 0) is 96.5 Å². The number of amides is 4. The van der Waals surface area contributed by atoms with Crippen molar-refractivity contribution in [3.05, 3.63) is 64.1 Å². The molecule has 2 N–H and O–H groups in total. The molecule has 4 amide bonds. The van der Waals surface area contributed by atoms with E-state index in [0.29, 0.717) is 11.3 Å². The van der Waals surface area contributed by atoms with E-state index in [4.69, 9.17) is 18.9 Å².